The van der Waals surface area contributed by atoms with Crippen molar-refractivity contribution < 1.29 is 19.1 Å². The lowest BCUT2D eigenvalue weighted by molar-refractivity contribution is 0.0475. The van der Waals surface area contributed by atoms with E-state index in [2.05, 4.69) is 15.3 Å². The third kappa shape index (κ3) is 4.44. The minimum absolute atomic E-state index is 0.123. The van der Waals surface area contributed by atoms with Crippen LogP contribution in [0, 0.1) is 6.92 Å². The fourth-order valence-corrected chi connectivity index (χ4v) is 4.88. The number of fused-ring (bicyclic) bond motifs is 1. The zero-order valence-corrected chi connectivity index (χ0v) is 19.3. The molecule has 2 aliphatic heterocycles. The molecular weight excluding hydrogens is 452 g/mol. The number of nitrogens with zero attached hydrogens (tertiary/aromatic N) is 3. The molecule has 1 N–H and O–H groups in total. The molecule has 1 saturated heterocycles. The normalized spacial score (nSPS) is 17.2. The van der Waals surface area contributed by atoms with Crippen LogP contribution in [0.1, 0.15) is 49.5 Å². The summed E-state index contributed by atoms with van der Waals surface area (Å²) in [5.41, 5.74) is 2.42. The Morgan fingerprint density at radius 1 is 1.12 bits per heavy atom. The lowest BCUT2D eigenvalue weighted by atomic mass is 10.0. The summed E-state index contributed by atoms with van der Waals surface area (Å²) in [6.07, 6.45) is 5.01. The van der Waals surface area contributed by atoms with Crippen LogP contribution in [-0.4, -0.2) is 51.8 Å². The molecular formula is C25H22N4O4S. The van der Waals surface area contributed by atoms with Gasteiger partial charge in [0.15, 0.2) is 5.16 Å². The molecule has 0 radical (unpaired) electrons. The monoisotopic (exact) mass is 474 g/mol. The number of benzene rings is 2. The third-order valence-electron chi connectivity index (χ3n) is 5.84. The van der Waals surface area contributed by atoms with E-state index in [-0.39, 0.29) is 35.9 Å². The van der Waals surface area contributed by atoms with Crippen molar-refractivity contribution in [2.45, 2.75) is 35.9 Å². The zero-order chi connectivity index (χ0) is 23.7. The quantitative estimate of drug-likeness (QED) is 0.426. The van der Waals surface area contributed by atoms with Crippen molar-refractivity contribution in [1.29, 1.82) is 0 Å². The standard InChI is InChI=1S/C25H22N4O4S/c1-15-12-18(34-25-26-9-3-10-27-25)6-8-21(15)28-22(30)16-5-7-19-20(13-16)24(32)29(23(19)31)14-17-4-2-11-33-17/h3,5-10,12-13,17H,2,4,11,14H2,1H3,(H,28,30). The van der Waals surface area contributed by atoms with E-state index < -0.39 is 0 Å². The molecule has 3 heterocycles. The number of amides is 3. The number of nitrogens with one attached hydrogen (secondary N) is 1. The van der Waals surface area contributed by atoms with Crippen molar-refractivity contribution in [2.75, 3.05) is 18.5 Å². The van der Waals surface area contributed by atoms with Gasteiger partial charge in [0, 0.05) is 35.1 Å². The Balaban J connectivity index is 1.29. The average Bonchev–Trinajstić information content (AvgIpc) is 3.44. The van der Waals surface area contributed by atoms with E-state index in [1.807, 2.05) is 25.1 Å². The number of aromatic nitrogens is 2. The second kappa shape index (κ2) is 9.36. The molecule has 1 aromatic heterocycles. The van der Waals surface area contributed by atoms with Gasteiger partial charge >= 0.3 is 0 Å². The van der Waals surface area contributed by atoms with Crippen molar-refractivity contribution in [3.63, 3.8) is 0 Å². The number of ether oxygens (including phenoxy) is 1. The summed E-state index contributed by atoms with van der Waals surface area (Å²) in [5.74, 6) is -1.07. The maximum absolute atomic E-state index is 12.9. The Bertz CT molecular complexity index is 1280. The summed E-state index contributed by atoms with van der Waals surface area (Å²) < 4.78 is 5.57. The van der Waals surface area contributed by atoms with Crippen molar-refractivity contribution in [3.05, 3.63) is 77.1 Å². The minimum Gasteiger partial charge on any atom is -0.376 e. The van der Waals surface area contributed by atoms with Gasteiger partial charge in [-0.25, -0.2) is 9.97 Å². The van der Waals surface area contributed by atoms with Crippen LogP contribution in [0.25, 0.3) is 0 Å². The second-order valence-electron chi connectivity index (χ2n) is 8.18. The van der Waals surface area contributed by atoms with Gasteiger partial charge in [0.05, 0.1) is 23.8 Å². The highest BCUT2D eigenvalue weighted by molar-refractivity contribution is 7.99. The minimum atomic E-state index is -0.383. The van der Waals surface area contributed by atoms with Gasteiger partial charge in [-0.1, -0.05) is 0 Å². The number of aryl methyl sites for hydroxylation is 1. The topological polar surface area (TPSA) is 101 Å². The molecule has 0 spiro atoms. The molecule has 2 aromatic carbocycles. The van der Waals surface area contributed by atoms with Crippen LogP contribution in [0.15, 0.2) is 64.9 Å². The highest BCUT2D eigenvalue weighted by Crippen LogP contribution is 2.29. The van der Waals surface area contributed by atoms with Gasteiger partial charge in [-0.15, -0.1) is 0 Å². The lowest BCUT2D eigenvalue weighted by Crippen LogP contribution is -2.36. The maximum atomic E-state index is 12.9. The average molecular weight is 475 g/mol. The highest BCUT2D eigenvalue weighted by Gasteiger charge is 2.38. The van der Waals surface area contributed by atoms with Crippen LogP contribution in [-0.2, 0) is 4.74 Å². The molecule has 0 saturated carbocycles. The van der Waals surface area contributed by atoms with Gasteiger partial charge in [-0.05, 0) is 79.6 Å². The Labute approximate surface area is 200 Å². The maximum Gasteiger partial charge on any atom is 0.261 e. The van der Waals surface area contributed by atoms with Gasteiger partial charge in [0.25, 0.3) is 17.7 Å². The fourth-order valence-electron chi connectivity index (χ4n) is 4.07. The third-order valence-corrected chi connectivity index (χ3v) is 6.72. The molecule has 8 nitrogen and oxygen atoms in total. The fraction of sp³-hybridized carbons (Fsp3) is 0.240. The Hall–Kier alpha value is -3.56. The first-order valence-corrected chi connectivity index (χ1v) is 11.8. The van der Waals surface area contributed by atoms with Crippen molar-refractivity contribution in [1.82, 2.24) is 14.9 Å². The largest absolute Gasteiger partial charge is 0.376 e. The Morgan fingerprint density at radius 3 is 2.65 bits per heavy atom. The van der Waals surface area contributed by atoms with Gasteiger partial charge in [-0.3, -0.25) is 19.3 Å². The first-order chi connectivity index (χ1) is 16.5. The number of anilines is 1. The van der Waals surface area contributed by atoms with E-state index >= 15 is 0 Å². The molecule has 0 bridgehead atoms. The summed E-state index contributed by atoms with van der Waals surface area (Å²) in [6.45, 7) is 2.79. The molecule has 2 aliphatic rings. The molecule has 0 aliphatic carbocycles. The number of hydrogen-bond acceptors (Lipinski definition) is 7. The number of imide groups is 1. The van der Waals surface area contributed by atoms with Gasteiger partial charge in [-0.2, -0.15) is 0 Å². The van der Waals surface area contributed by atoms with Gasteiger partial charge in [0.1, 0.15) is 0 Å². The highest BCUT2D eigenvalue weighted by atomic mass is 32.2. The van der Waals surface area contributed by atoms with E-state index in [0.717, 1.165) is 23.3 Å². The zero-order valence-electron chi connectivity index (χ0n) is 18.5. The van der Waals surface area contributed by atoms with E-state index in [0.29, 0.717) is 28.6 Å². The van der Waals surface area contributed by atoms with E-state index in [9.17, 15) is 14.4 Å². The predicted molar refractivity (Wildman–Crippen MR) is 126 cm³/mol. The molecule has 1 unspecified atom stereocenters. The molecule has 3 amide bonds. The molecule has 5 rings (SSSR count). The molecule has 172 valence electrons. The van der Waals surface area contributed by atoms with Crippen LogP contribution in [0.2, 0.25) is 0 Å². The smallest absolute Gasteiger partial charge is 0.261 e. The number of carbonyl (C=O) groups is 3. The number of carbonyl (C=O) groups excluding carboxylic acids is 3. The Morgan fingerprint density at radius 2 is 1.91 bits per heavy atom. The van der Waals surface area contributed by atoms with Gasteiger partial charge < -0.3 is 10.1 Å². The summed E-state index contributed by atoms with van der Waals surface area (Å²) in [7, 11) is 0. The molecule has 9 heteroatoms. The molecule has 3 aromatic rings. The predicted octanol–water partition coefficient (Wildman–Crippen LogP) is 3.96. The van der Waals surface area contributed by atoms with Crippen LogP contribution in [0.5, 0.6) is 0 Å². The second-order valence-corrected chi connectivity index (χ2v) is 9.22. The summed E-state index contributed by atoms with van der Waals surface area (Å²) in [4.78, 5) is 49.1. The van der Waals surface area contributed by atoms with Crippen molar-refractivity contribution >= 4 is 35.2 Å². The number of rotatable bonds is 6. The van der Waals surface area contributed by atoms with Crippen LogP contribution >= 0.6 is 11.8 Å². The Kier molecular flexibility index (Phi) is 6.12. The SMILES string of the molecule is Cc1cc(Sc2ncccn2)ccc1NC(=O)c1ccc2c(c1)C(=O)N(CC1CCCO1)C2=O. The summed E-state index contributed by atoms with van der Waals surface area (Å²) in [5, 5.41) is 3.54. The van der Waals surface area contributed by atoms with Crippen LogP contribution < -0.4 is 5.32 Å². The van der Waals surface area contributed by atoms with E-state index in [4.69, 9.17) is 4.74 Å². The van der Waals surface area contributed by atoms with Crippen molar-refractivity contribution in [2.24, 2.45) is 0 Å². The first kappa shape index (κ1) is 22.2. The molecule has 34 heavy (non-hydrogen) atoms. The van der Waals surface area contributed by atoms with Crippen LogP contribution in [0.4, 0.5) is 5.69 Å². The lowest BCUT2D eigenvalue weighted by Gasteiger charge is -2.17. The van der Waals surface area contributed by atoms with E-state index in [1.165, 1.54) is 22.7 Å². The van der Waals surface area contributed by atoms with Crippen molar-refractivity contribution in [3.8, 4) is 0 Å². The molecule has 1 fully saturated rings. The van der Waals surface area contributed by atoms with E-state index in [1.54, 1.807) is 30.6 Å². The number of hydrogen-bond donors (Lipinski definition) is 1. The van der Waals surface area contributed by atoms with Gasteiger partial charge in [0.2, 0.25) is 0 Å². The molecule has 1 atom stereocenters. The van der Waals surface area contributed by atoms with Crippen LogP contribution in [0.3, 0.4) is 0 Å². The summed E-state index contributed by atoms with van der Waals surface area (Å²) in [6, 6.07) is 12.0. The first-order valence-electron chi connectivity index (χ1n) is 11.0. The summed E-state index contributed by atoms with van der Waals surface area (Å²) >= 11 is 1.43.